The van der Waals surface area contributed by atoms with E-state index in [9.17, 15) is 19.3 Å². The van der Waals surface area contributed by atoms with Crippen molar-refractivity contribution in [2.24, 2.45) is 0 Å². The molecule has 0 amide bonds. The predicted molar refractivity (Wildman–Crippen MR) is 154 cm³/mol. The summed E-state index contributed by atoms with van der Waals surface area (Å²) in [5.41, 5.74) is 12.7. The van der Waals surface area contributed by atoms with Gasteiger partial charge >= 0.3 is 13.6 Å². The molecule has 4 aromatic heterocycles. The van der Waals surface area contributed by atoms with Gasteiger partial charge in [-0.15, -0.1) is 0 Å². The quantitative estimate of drug-likeness (QED) is 0.121. The standard InChI is InChI=1S/C20H24N10O10P2S2/c21-15-9-17(25-3-23-15)29(5-27-9)19-11(31)13-7(37-19)1-35-41(33,43)40-14-8(2-36-42(34,44)39-13)38-20(12(14)32)30-6-28-10-16(22)24-4-26-18(10)30/h3-8,11-14,19-20,31-32H,1-2H2,(H,33,43)(H,34,44)(H2,21,23,25)(H2,22,24,26)/t7-,8-,11-,12-,13-,14-,19-,20-,41+,42+/m1/s1. The Hall–Kier alpha value is -2.46. The molecule has 20 nitrogen and oxygen atoms in total. The summed E-state index contributed by atoms with van der Waals surface area (Å²) in [6.45, 7) is -9.59. The summed E-state index contributed by atoms with van der Waals surface area (Å²) < 4.78 is 63.9. The van der Waals surface area contributed by atoms with E-state index in [0.29, 0.717) is 0 Å². The van der Waals surface area contributed by atoms with Crippen LogP contribution in [0.4, 0.5) is 11.6 Å². The lowest BCUT2D eigenvalue weighted by molar-refractivity contribution is -0.0561. The summed E-state index contributed by atoms with van der Waals surface area (Å²) in [6.07, 6.45) is -5.50. The van der Waals surface area contributed by atoms with Crippen molar-refractivity contribution in [3.8, 4) is 0 Å². The molecule has 0 aromatic carbocycles. The Morgan fingerprint density at radius 2 is 1.14 bits per heavy atom. The van der Waals surface area contributed by atoms with Crippen LogP contribution in [0.5, 0.6) is 0 Å². The Balaban J connectivity index is 1.17. The number of rotatable bonds is 2. The van der Waals surface area contributed by atoms with E-state index in [1.807, 2.05) is 0 Å². The van der Waals surface area contributed by atoms with Crippen LogP contribution < -0.4 is 11.5 Å². The molecule has 3 aliphatic rings. The van der Waals surface area contributed by atoms with Crippen molar-refractivity contribution in [3.63, 3.8) is 0 Å². The highest BCUT2D eigenvalue weighted by molar-refractivity contribution is 8.44. The first-order valence-electron chi connectivity index (χ1n) is 12.8. The lowest BCUT2D eigenvalue weighted by Crippen LogP contribution is -2.38. The van der Waals surface area contributed by atoms with E-state index >= 15 is 0 Å². The molecule has 3 aliphatic heterocycles. The third-order valence-corrected chi connectivity index (χ3v) is 10.5. The van der Waals surface area contributed by atoms with Crippen LogP contribution in [0.15, 0.2) is 25.3 Å². The van der Waals surface area contributed by atoms with Crippen LogP contribution in [0.25, 0.3) is 22.3 Å². The monoisotopic (exact) mass is 690 g/mol. The number of nitrogens with two attached hydrogens (primary N) is 2. The van der Waals surface area contributed by atoms with Gasteiger partial charge in [0.15, 0.2) is 35.4 Å². The van der Waals surface area contributed by atoms with Crippen LogP contribution in [-0.4, -0.2) is 99.1 Å². The van der Waals surface area contributed by atoms with E-state index in [1.165, 1.54) is 34.4 Å². The molecule has 7 heterocycles. The normalized spacial score (nSPS) is 38.3. The second-order valence-electron chi connectivity index (χ2n) is 9.95. The molecule has 0 radical (unpaired) electrons. The zero-order chi connectivity index (χ0) is 31.0. The number of imidazole rings is 2. The fourth-order valence-electron chi connectivity index (χ4n) is 5.24. The van der Waals surface area contributed by atoms with Crippen molar-refractivity contribution in [2.75, 3.05) is 24.7 Å². The minimum Gasteiger partial charge on any atom is -0.386 e. The minimum atomic E-state index is -4.26. The van der Waals surface area contributed by atoms with Crippen molar-refractivity contribution in [1.82, 2.24) is 39.0 Å². The van der Waals surface area contributed by atoms with Gasteiger partial charge in [-0.25, -0.2) is 39.0 Å². The molecule has 24 heteroatoms. The molecule has 0 spiro atoms. The van der Waals surface area contributed by atoms with E-state index in [1.54, 1.807) is 0 Å². The van der Waals surface area contributed by atoms with Gasteiger partial charge in [0.1, 0.15) is 60.3 Å². The Morgan fingerprint density at radius 3 is 1.55 bits per heavy atom. The van der Waals surface area contributed by atoms with E-state index < -0.39 is 75.9 Å². The number of nitrogens with zero attached hydrogens (tertiary/aromatic N) is 8. The SMILES string of the molecule is Nc1ncnc2c1ncn2[C@@H]1O[C@@H]2CO[P@](=O)(S)O[C@H]3[C@@H](O)[C@H](n4cnc5c(N)ncnc54)O[C@@H]3CO[P@](=O)(S)O[C@H]2[C@H]1O. The van der Waals surface area contributed by atoms with Gasteiger partial charge in [0, 0.05) is 0 Å². The maximum atomic E-state index is 13.4. The first-order valence-corrected chi connectivity index (χ1v) is 18.2. The molecular formula is C20H24N10O10P2S2. The number of thiol groups is 2. The van der Waals surface area contributed by atoms with Crippen LogP contribution in [0.3, 0.4) is 0 Å². The van der Waals surface area contributed by atoms with Gasteiger partial charge in [-0.3, -0.25) is 27.2 Å². The highest BCUT2D eigenvalue weighted by Gasteiger charge is 2.53. The molecule has 6 N–H and O–H groups in total. The maximum Gasteiger partial charge on any atom is 0.386 e. The van der Waals surface area contributed by atoms with Crippen LogP contribution in [0, 0.1) is 0 Å². The van der Waals surface area contributed by atoms with Crippen LogP contribution in [0.1, 0.15) is 12.5 Å². The van der Waals surface area contributed by atoms with Gasteiger partial charge in [0.25, 0.3) is 0 Å². The molecule has 10 atom stereocenters. The smallest absolute Gasteiger partial charge is 0.386 e. The van der Waals surface area contributed by atoms with Crippen LogP contribution in [0.2, 0.25) is 0 Å². The minimum absolute atomic E-state index is 0.101. The number of aromatic nitrogens is 8. The topological polar surface area (TPSA) is 269 Å². The van der Waals surface area contributed by atoms with E-state index in [-0.39, 0.29) is 34.0 Å². The van der Waals surface area contributed by atoms with Gasteiger partial charge in [-0.05, 0) is 0 Å². The maximum absolute atomic E-state index is 13.4. The molecule has 0 bridgehead atoms. The van der Waals surface area contributed by atoms with Gasteiger partial charge in [-0.2, -0.15) is 0 Å². The zero-order valence-corrected chi connectivity index (χ0v) is 25.6. The number of anilines is 2. The van der Waals surface area contributed by atoms with Crippen molar-refractivity contribution in [2.45, 2.75) is 49.1 Å². The fraction of sp³-hybridized carbons (Fsp3) is 0.500. The van der Waals surface area contributed by atoms with E-state index in [4.69, 9.17) is 39.0 Å². The number of hydrogen-bond acceptors (Lipinski definition) is 18. The van der Waals surface area contributed by atoms with Crippen molar-refractivity contribution >= 4 is 72.1 Å². The summed E-state index contributed by atoms with van der Waals surface area (Å²) in [5, 5.41) is 22.5. The largest absolute Gasteiger partial charge is 0.386 e. The Bertz CT molecular complexity index is 1700. The first kappa shape index (κ1) is 30.2. The van der Waals surface area contributed by atoms with Crippen LogP contribution in [-0.2, 0) is 36.7 Å². The van der Waals surface area contributed by atoms with E-state index in [2.05, 4.69) is 54.4 Å². The van der Waals surface area contributed by atoms with Gasteiger partial charge in [0.05, 0.1) is 25.9 Å². The summed E-state index contributed by atoms with van der Waals surface area (Å²) in [4.78, 5) is 24.4. The van der Waals surface area contributed by atoms with Crippen molar-refractivity contribution in [3.05, 3.63) is 25.3 Å². The molecule has 0 saturated carbocycles. The molecule has 44 heavy (non-hydrogen) atoms. The third-order valence-electron chi connectivity index (χ3n) is 7.26. The second kappa shape index (κ2) is 11.1. The molecule has 3 fully saturated rings. The average Bonchev–Trinajstić information content (AvgIpc) is 3.73. The van der Waals surface area contributed by atoms with Gasteiger partial charge in [-0.1, -0.05) is 24.5 Å². The average molecular weight is 691 g/mol. The molecule has 7 rings (SSSR count). The summed E-state index contributed by atoms with van der Waals surface area (Å²) >= 11 is 8.16. The van der Waals surface area contributed by atoms with Gasteiger partial charge in [0.2, 0.25) is 0 Å². The zero-order valence-electron chi connectivity index (χ0n) is 22.0. The van der Waals surface area contributed by atoms with Gasteiger partial charge < -0.3 is 31.2 Å². The number of aliphatic hydroxyl groups is 2. The highest BCUT2D eigenvalue weighted by Crippen LogP contribution is 2.60. The predicted octanol–water partition coefficient (Wildman–Crippen LogP) is 0.240. The highest BCUT2D eigenvalue weighted by atomic mass is 32.7. The van der Waals surface area contributed by atoms with E-state index in [0.717, 1.165) is 0 Å². The lowest BCUT2D eigenvalue weighted by Gasteiger charge is -2.28. The molecular weight excluding hydrogens is 666 g/mol. The summed E-state index contributed by atoms with van der Waals surface area (Å²) in [7, 11) is 0. The lowest BCUT2D eigenvalue weighted by atomic mass is 10.1. The first-order chi connectivity index (χ1) is 20.9. The number of hydrogen-bond donors (Lipinski definition) is 6. The number of ether oxygens (including phenoxy) is 2. The fourth-order valence-corrected chi connectivity index (χ4v) is 8.23. The molecule has 0 unspecified atom stereocenters. The summed E-state index contributed by atoms with van der Waals surface area (Å²) in [6, 6.07) is 0. The van der Waals surface area contributed by atoms with Crippen LogP contribution >= 0.6 is 38.1 Å². The Morgan fingerprint density at radius 1 is 0.727 bits per heavy atom. The molecule has 4 aromatic rings. The number of aliphatic hydroxyl groups excluding tert-OH is 2. The number of nitrogen functional groups attached to an aromatic ring is 2. The van der Waals surface area contributed by atoms with Crippen molar-refractivity contribution < 1.29 is 46.9 Å². The Kier molecular flexibility index (Phi) is 7.63. The molecule has 236 valence electrons. The Labute approximate surface area is 256 Å². The summed E-state index contributed by atoms with van der Waals surface area (Å²) in [5.74, 6) is 0.203. The molecule has 3 saturated heterocycles. The number of fused-ring (bicyclic) bond motifs is 4. The third kappa shape index (κ3) is 5.27. The molecule has 0 aliphatic carbocycles. The second-order valence-corrected chi connectivity index (χ2v) is 15.7. The van der Waals surface area contributed by atoms with Crippen molar-refractivity contribution in [1.29, 1.82) is 0 Å².